The van der Waals surface area contributed by atoms with Crippen LogP contribution < -0.4 is 10.2 Å². The predicted octanol–water partition coefficient (Wildman–Crippen LogP) is 3.60. The Morgan fingerprint density at radius 2 is 1.93 bits per heavy atom. The molecule has 0 spiro atoms. The number of esters is 1. The molecule has 2 aromatic carbocycles. The first kappa shape index (κ1) is 20.1. The van der Waals surface area contributed by atoms with Crippen LogP contribution in [0.2, 0.25) is 0 Å². The average Bonchev–Trinajstić information content (AvgIpc) is 3.04. The molecule has 0 radical (unpaired) electrons. The molecule has 1 unspecified atom stereocenters. The summed E-state index contributed by atoms with van der Waals surface area (Å²) in [5.41, 5.74) is 3.32. The quantitative estimate of drug-likeness (QED) is 0.714. The number of nitrogens with zero attached hydrogens (tertiary/aromatic N) is 1. The van der Waals surface area contributed by atoms with Gasteiger partial charge in [0.1, 0.15) is 0 Å². The van der Waals surface area contributed by atoms with Crippen molar-refractivity contribution < 1.29 is 19.1 Å². The Morgan fingerprint density at radius 1 is 1.18 bits per heavy atom. The fraction of sp³-hybridized carbons (Fsp3) is 0.286. The molecule has 0 saturated carbocycles. The van der Waals surface area contributed by atoms with E-state index in [4.69, 9.17) is 4.74 Å². The molecule has 1 atom stereocenters. The third-order valence-electron chi connectivity index (χ3n) is 4.67. The van der Waals surface area contributed by atoms with E-state index in [0.29, 0.717) is 5.69 Å². The molecule has 1 N–H and O–H groups in total. The number of rotatable bonds is 5. The summed E-state index contributed by atoms with van der Waals surface area (Å²) in [6, 6.07) is 13.0. The van der Waals surface area contributed by atoms with Crippen molar-refractivity contribution in [2.75, 3.05) is 23.4 Å². The van der Waals surface area contributed by atoms with Crippen molar-refractivity contribution in [1.29, 1.82) is 0 Å². The Bertz CT molecular complexity index is 928. The summed E-state index contributed by atoms with van der Waals surface area (Å²) >= 11 is 3.37. The van der Waals surface area contributed by atoms with Crippen LogP contribution >= 0.6 is 15.9 Å². The molecule has 6 nitrogen and oxygen atoms in total. The van der Waals surface area contributed by atoms with Crippen LogP contribution in [0.3, 0.4) is 0 Å². The molecule has 1 heterocycles. The van der Waals surface area contributed by atoms with Gasteiger partial charge in [-0.25, -0.2) is 0 Å². The number of amides is 2. The van der Waals surface area contributed by atoms with Crippen LogP contribution in [0, 0.1) is 19.8 Å². The Labute approximate surface area is 172 Å². The van der Waals surface area contributed by atoms with Crippen molar-refractivity contribution in [3.63, 3.8) is 0 Å². The SMILES string of the molecule is Cc1cc(Br)ccc1NC(=O)COC(=O)C1CC(=O)N(c2ccccc2C)C1. The number of carbonyl (C=O) groups excluding carboxylic acids is 3. The van der Waals surface area contributed by atoms with Crippen LogP contribution in [0.5, 0.6) is 0 Å². The van der Waals surface area contributed by atoms with E-state index in [1.54, 1.807) is 11.0 Å². The van der Waals surface area contributed by atoms with Gasteiger partial charge in [-0.15, -0.1) is 0 Å². The molecule has 3 rings (SSSR count). The van der Waals surface area contributed by atoms with Crippen molar-refractivity contribution in [3.8, 4) is 0 Å². The van der Waals surface area contributed by atoms with Crippen LogP contribution in [0.4, 0.5) is 11.4 Å². The highest BCUT2D eigenvalue weighted by molar-refractivity contribution is 9.10. The molecule has 7 heteroatoms. The van der Waals surface area contributed by atoms with Gasteiger partial charge in [0.25, 0.3) is 5.91 Å². The highest BCUT2D eigenvalue weighted by atomic mass is 79.9. The van der Waals surface area contributed by atoms with Gasteiger partial charge in [0.2, 0.25) is 5.91 Å². The first-order valence-electron chi connectivity index (χ1n) is 8.94. The van der Waals surface area contributed by atoms with E-state index in [-0.39, 0.29) is 25.5 Å². The second kappa shape index (κ2) is 8.56. The summed E-state index contributed by atoms with van der Waals surface area (Å²) in [5, 5.41) is 2.72. The Balaban J connectivity index is 1.54. The minimum Gasteiger partial charge on any atom is -0.455 e. The lowest BCUT2D eigenvalue weighted by Gasteiger charge is -2.18. The van der Waals surface area contributed by atoms with E-state index in [9.17, 15) is 14.4 Å². The molecular formula is C21H21BrN2O4. The van der Waals surface area contributed by atoms with E-state index in [0.717, 1.165) is 21.3 Å². The normalized spacial score (nSPS) is 16.2. The Hall–Kier alpha value is -2.67. The number of aryl methyl sites for hydroxylation is 2. The summed E-state index contributed by atoms with van der Waals surface area (Å²) < 4.78 is 6.06. The molecule has 0 aromatic heterocycles. The van der Waals surface area contributed by atoms with E-state index >= 15 is 0 Å². The summed E-state index contributed by atoms with van der Waals surface area (Å²) in [6.45, 7) is 3.67. The second-order valence-corrected chi connectivity index (χ2v) is 7.72. The van der Waals surface area contributed by atoms with Gasteiger partial charge in [0.05, 0.1) is 5.92 Å². The van der Waals surface area contributed by atoms with Crippen LogP contribution in [-0.2, 0) is 19.1 Å². The van der Waals surface area contributed by atoms with Gasteiger partial charge in [-0.3, -0.25) is 14.4 Å². The molecule has 1 fully saturated rings. The molecule has 146 valence electrons. The van der Waals surface area contributed by atoms with Crippen LogP contribution in [0.1, 0.15) is 17.5 Å². The van der Waals surface area contributed by atoms with Gasteiger partial charge >= 0.3 is 5.97 Å². The third-order valence-corrected chi connectivity index (χ3v) is 5.17. The first-order valence-corrected chi connectivity index (χ1v) is 9.73. The number of benzene rings is 2. The lowest BCUT2D eigenvalue weighted by atomic mass is 10.1. The molecule has 1 aliphatic heterocycles. The van der Waals surface area contributed by atoms with Gasteiger partial charge in [-0.2, -0.15) is 0 Å². The maximum absolute atomic E-state index is 12.3. The maximum Gasteiger partial charge on any atom is 0.311 e. The number of para-hydroxylation sites is 1. The fourth-order valence-electron chi connectivity index (χ4n) is 3.17. The fourth-order valence-corrected chi connectivity index (χ4v) is 3.65. The summed E-state index contributed by atoms with van der Waals surface area (Å²) in [5.74, 6) is -1.65. The Kier molecular flexibility index (Phi) is 6.14. The van der Waals surface area contributed by atoms with Gasteiger partial charge in [0, 0.05) is 28.8 Å². The number of ether oxygens (including phenoxy) is 1. The smallest absolute Gasteiger partial charge is 0.311 e. The van der Waals surface area contributed by atoms with Crippen molar-refractivity contribution in [2.45, 2.75) is 20.3 Å². The molecule has 1 saturated heterocycles. The highest BCUT2D eigenvalue weighted by Gasteiger charge is 2.36. The Morgan fingerprint density at radius 3 is 2.64 bits per heavy atom. The molecule has 1 aliphatic rings. The third kappa shape index (κ3) is 4.59. The van der Waals surface area contributed by atoms with Gasteiger partial charge in [0.15, 0.2) is 6.61 Å². The van der Waals surface area contributed by atoms with Gasteiger partial charge in [-0.05, 0) is 49.2 Å². The maximum atomic E-state index is 12.3. The standard InChI is InChI=1S/C21H21BrN2O4/c1-13-5-3-4-6-18(13)24-11-15(10-20(24)26)21(27)28-12-19(25)23-17-8-7-16(22)9-14(17)2/h3-9,15H,10-12H2,1-2H3,(H,23,25). The van der Waals surface area contributed by atoms with Crippen molar-refractivity contribution in [3.05, 3.63) is 58.1 Å². The molecule has 0 bridgehead atoms. The molecule has 28 heavy (non-hydrogen) atoms. The monoisotopic (exact) mass is 444 g/mol. The summed E-state index contributed by atoms with van der Waals surface area (Å²) in [7, 11) is 0. The van der Waals surface area contributed by atoms with Gasteiger partial charge < -0.3 is 15.0 Å². The number of halogens is 1. The zero-order valence-corrected chi connectivity index (χ0v) is 17.3. The molecule has 2 amide bonds. The topological polar surface area (TPSA) is 75.7 Å². The number of anilines is 2. The lowest BCUT2D eigenvalue weighted by Crippen LogP contribution is -2.28. The largest absolute Gasteiger partial charge is 0.455 e. The zero-order chi connectivity index (χ0) is 20.3. The average molecular weight is 445 g/mol. The summed E-state index contributed by atoms with van der Waals surface area (Å²) in [6.07, 6.45) is 0.0839. The van der Waals surface area contributed by atoms with Crippen molar-refractivity contribution in [2.24, 2.45) is 5.92 Å². The molecule has 0 aliphatic carbocycles. The number of carbonyl (C=O) groups is 3. The lowest BCUT2D eigenvalue weighted by molar-refractivity contribution is -0.151. The predicted molar refractivity (Wildman–Crippen MR) is 110 cm³/mol. The number of hydrogen-bond donors (Lipinski definition) is 1. The number of nitrogens with one attached hydrogen (secondary N) is 1. The zero-order valence-electron chi connectivity index (χ0n) is 15.7. The van der Waals surface area contributed by atoms with E-state index in [1.165, 1.54) is 0 Å². The van der Waals surface area contributed by atoms with E-state index in [2.05, 4.69) is 21.2 Å². The number of hydrogen-bond acceptors (Lipinski definition) is 4. The van der Waals surface area contributed by atoms with Crippen LogP contribution in [-0.4, -0.2) is 30.9 Å². The van der Waals surface area contributed by atoms with Crippen molar-refractivity contribution in [1.82, 2.24) is 0 Å². The molecule has 2 aromatic rings. The van der Waals surface area contributed by atoms with Crippen molar-refractivity contribution >= 4 is 45.1 Å². The van der Waals surface area contributed by atoms with Crippen LogP contribution in [0.25, 0.3) is 0 Å². The minimum absolute atomic E-state index is 0.0839. The first-order chi connectivity index (χ1) is 13.3. The van der Waals surface area contributed by atoms with Crippen LogP contribution in [0.15, 0.2) is 46.9 Å². The minimum atomic E-state index is -0.575. The summed E-state index contributed by atoms with van der Waals surface area (Å²) in [4.78, 5) is 38.3. The second-order valence-electron chi connectivity index (χ2n) is 6.81. The van der Waals surface area contributed by atoms with E-state index < -0.39 is 17.8 Å². The highest BCUT2D eigenvalue weighted by Crippen LogP contribution is 2.28. The molecular weight excluding hydrogens is 424 g/mol. The van der Waals surface area contributed by atoms with Gasteiger partial charge in [-0.1, -0.05) is 34.1 Å². The van der Waals surface area contributed by atoms with E-state index in [1.807, 2.05) is 50.2 Å².